The molecule has 24 heavy (non-hydrogen) atoms. The zero-order chi connectivity index (χ0) is 16.6. The minimum absolute atomic E-state index is 0.0548. The van der Waals surface area contributed by atoms with Crippen molar-refractivity contribution in [3.05, 3.63) is 35.6 Å². The van der Waals surface area contributed by atoms with Crippen molar-refractivity contribution < 1.29 is 4.79 Å². The van der Waals surface area contributed by atoms with Gasteiger partial charge in [0.2, 0.25) is 5.91 Å². The first kappa shape index (κ1) is 17.0. The minimum Gasteiger partial charge on any atom is -0.356 e. The average Bonchev–Trinajstić information content (AvgIpc) is 3.27. The van der Waals surface area contributed by atoms with Crippen molar-refractivity contribution in [2.75, 3.05) is 26.2 Å². The van der Waals surface area contributed by atoms with Crippen LogP contribution in [0.25, 0.3) is 10.6 Å². The van der Waals surface area contributed by atoms with Gasteiger partial charge in [0.25, 0.3) is 0 Å². The quantitative estimate of drug-likeness (QED) is 0.748. The highest BCUT2D eigenvalue weighted by Crippen LogP contribution is 2.22. The summed E-state index contributed by atoms with van der Waals surface area (Å²) in [5.41, 5.74) is 1.82. The lowest BCUT2D eigenvalue weighted by molar-refractivity contribution is -0.120. The lowest BCUT2D eigenvalue weighted by atomic mass is 10.2. The van der Waals surface area contributed by atoms with E-state index in [2.05, 4.69) is 20.2 Å². The number of thiazole rings is 1. The molecule has 1 saturated heterocycles. The van der Waals surface area contributed by atoms with Crippen LogP contribution in [0.2, 0.25) is 0 Å². The highest BCUT2D eigenvalue weighted by atomic mass is 32.1. The van der Waals surface area contributed by atoms with Crippen LogP contribution >= 0.6 is 11.3 Å². The van der Waals surface area contributed by atoms with E-state index in [1.54, 1.807) is 23.7 Å². The van der Waals surface area contributed by atoms with Crippen molar-refractivity contribution in [2.24, 2.45) is 0 Å². The molecule has 1 N–H and O–H groups in total. The molecule has 0 radical (unpaired) electrons. The summed E-state index contributed by atoms with van der Waals surface area (Å²) in [7, 11) is 0. The summed E-state index contributed by atoms with van der Waals surface area (Å²) in [5.74, 6) is 0.0548. The zero-order valence-corrected chi connectivity index (χ0v) is 14.7. The van der Waals surface area contributed by atoms with Crippen LogP contribution in [0.3, 0.4) is 0 Å². The maximum Gasteiger partial charge on any atom is 0.226 e. The molecular formula is C18H24N4OS. The molecule has 2 aromatic heterocycles. The number of nitrogens with one attached hydrogen (secondary N) is 1. The van der Waals surface area contributed by atoms with E-state index in [1.807, 2.05) is 17.5 Å². The van der Waals surface area contributed by atoms with Crippen LogP contribution in [0.15, 0.2) is 29.9 Å². The number of amides is 1. The molecular weight excluding hydrogens is 320 g/mol. The van der Waals surface area contributed by atoms with Crippen LogP contribution in [-0.4, -0.2) is 47.0 Å². The van der Waals surface area contributed by atoms with Crippen molar-refractivity contribution in [1.29, 1.82) is 0 Å². The normalized spacial score (nSPS) is 14.8. The number of unbranched alkanes of at least 4 members (excludes halogenated alkanes) is 1. The summed E-state index contributed by atoms with van der Waals surface area (Å²) in [6, 6.07) is 3.88. The molecule has 0 spiro atoms. The molecule has 5 nitrogen and oxygen atoms in total. The second kappa shape index (κ2) is 8.89. The van der Waals surface area contributed by atoms with Crippen LogP contribution in [0, 0.1) is 0 Å². The molecule has 2 aromatic rings. The number of rotatable bonds is 8. The van der Waals surface area contributed by atoms with E-state index in [4.69, 9.17) is 0 Å². The fourth-order valence-corrected chi connectivity index (χ4v) is 3.74. The summed E-state index contributed by atoms with van der Waals surface area (Å²) in [4.78, 5) is 23.1. The molecule has 3 rings (SSSR count). The van der Waals surface area contributed by atoms with Gasteiger partial charge in [0, 0.05) is 29.9 Å². The van der Waals surface area contributed by atoms with E-state index in [9.17, 15) is 4.79 Å². The molecule has 6 heteroatoms. The summed E-state index contributed by atoms with van der Waals surface area (Å²) in [6.07, 6.45) is 8.76. The van der Waals surface area contributed by atoms with Crippen LogP contribution < -0.4 is 5.32 Å². The van der Waals surface area contributed by atoms with Gasteiger partial charge in [-0.2, -0.15) is 0 Å². The molecule has 1 aliphatic heterocycles. The molecule has 1 fully saturated rings. The minimum atomic E-state index is 0.0548. The second-order valence-corrected chi connectivity index (χ2v) is 7.03. The van der Waals surface area contributed by atoms with Crippen LogP contribution in [-0.2, 0) is 11.2 Å². The van der Waals surface area contributed by atoms with E-state index >= 15 is 0 Å². The van der Waals surface area contributed by atoms with E-state index < -0.39 is 0 Å². The smallest absolute Gasteiger partial charge is 0.226 e. The lowest BCUT2D eigenvalue weighted by Gasteiger charge is -2.13. The molecule has 0 aliphatic carbocycles. The zero-order valence-electron chi connectivity index (χ0n) is 13.9. The second-order valence-electron chi connectivity index (χ2n) is 6.17. The van der Waals surface area contributed by atoms with E-state index in [-0.39, 0.29) is 5.91 Å². The molecule has 0 aromatic carbocycles. The van der Waals surface area contributed by atoms with Crippen molar-refractivity contribution in [3.8, 4) is 10.6 Å². The summed E-state index contributed by atoms with van der Waals surface area (Å²) in [5, 5.41) is 5.87. The number of hydrogen-bond donors (Lipinski definition) is 1. The number of pyridine rings is 1. The summed E-state index contributed by atoms with van der Waals surface area (Å²) < 4.78 is 0. The first-order chi connectivity index (χ1) is 11.8. The third kappa shape index (κ3) is 5.11. The molecule has 0 atom stereocenters. The number of aromatic nitrogens is 2. The van der Waals surface area contributed by atoms with Gasteiger partial charge in [-0.1, -0.05) is 0 Å². The van der Waals surface area contributed by atoms with Gasteiger partial charge < -0.3 is 10.2 Å². The van der Waals surface area contributed by atoms with Crippen molar-refractivity contribution >= 4 is 17.2 Å². The van der Waals surface area contributed by atoms with Gasteiger partial charge in [0.15, 0.2) is 0 Å². The van der Waals surface area contributed by atoms with Gasteiger partial charge in [-0.25, -0.2) is 4.98 Å². The van der Waals surface area contributed by atoms with Gasteiger partial charge in [0.05, 0.1) is 12.1 Å². The first-order valence-electron chi connectivity index (χ1n) is 8.65. The molecule has 0 saturated carbocycles. The Hall–Kier alpha value is -1.79. The Kier molecular flexibility index (Phi) is 6.32. The molecule has 0 bridgehead atoms. The van der Waals surface area contributed by atoms with E-state index in [0.29, 0.717) is 6.42 Å². The fourth-order valence-electron chi connectivity index (χ4n) is 2.93. The topological polar surface area (TPSA) is 58.1 Å². The highest BCUT2D eigenvalue weighted by molar-refractivity contribution is 7.13. The molecule has 0 unspecified atom stereocenters. The van der Waals surface area contributed by atoms with E-state index in [1.165, 1.54) is 25.9 Å². The molecule has 1 amide bonds. The van der Waals surface area contributed by atoms with Crippen molar-refractivity contribution in [3.63, 3.8) is 0 Å². The largest absolute Gasteiger partial charge is 0.356 e. The molecule has 1 aliphatic rings. The van der Waals surface area contributed by atoms with Crippen LogP contribution in [0.5, 0.6) is 0 Å². The standard InChI is InChI=1S/C18H24N4OS/c23-17(20-8-1-2-9-22-10-3-4-11-22)12-16-14-24-18(21-16)15-6-5-7-19-13-15/h5-7,13-14H,1-4,8-12H2,(H,20,23). The predicted octanol–water partition coefficient (Wildman–Crippen LogP) is 2.74. The Bertz CT molecular complexity index is 637. The number of carbonyl (C=O) groups is 1. The van der Waals surface area contributed by atoms with Gasteiger partial charge in [-0.15, -0.1) is 11.3 Å². The number of hydrogen-bond acceptors (Lipinski definition) is 5. The van der Waals surface area contributed by atoms with Crippen molar-refractivity contribution in [2.45, 2.75) is 32.1 Å². The fraction of sp³-hybridized carbons (Fsp3) is 0.500. The Morgan fingerprint density at radius 3 is 2.96 bits per heavy atom. The number of carbonyl (C=O) groups excluding carboxylic acids is 1. The molecule has 128 valence electrons. The van der Waals surface area contributed by atoms with Gasteiger partial charge in [0.1, 0.15) is 5.01 Å². The maximum atomic E-state index is 12.0. The Morgan fingerprint density at radius 1 is 1.29 bits per heavy atom. The Labute approximate surface area is 147 Å². The SMILES string of the molecule is O=C(Cc1csc(-c2cccnc2)n1)NCCCCN1CCCC1. The molecule has 3 heterocycles. The monoisotopic (exact) mass is 344 g/mol. The highest BCUT2D eigenvalue weighted by Gasteiger charge is 2.11. The Morgan fingerprint density at radius 2 is 2.17 bits per heavy atom. The number of likely N-dealkylation sites (tertiary alicyclic amines) is 1. The van der Waals surface area contributed by atoms with E-state index in [0.717, 1.165) is 42.2 Å². The third-order valence-electron chi connectivity index (χ3n) is 4.22. The van der Waals surface area contributed by atoms with Gasteiger partial charge in [-0.3, -0.25) is 9.78 Å². The summed E-state index contributed by atoms with van der Waals surface area (Å²) in [6.45, 7) is 4.41. The maximum absolute atomic E-state index is 12.0. The third-order valence-corrected chi connectivity index (χ3v) is 5.16. The average molecular weight is 344 g/mol. The van der Waals surface area contributed by atoms with Crippen LogP contribution in [0.1, 0.15) is 31.4 Å². The first-order valence-corrected chi connectivity index (χ1v) is 9.53. The summed E-state index contributed by atoms with van der Waals surface area (Å²) >= 11 is 1.55. The lowest BCUT2D eigenvalue weighted by Crippen LogP contribution is -2.27. The van der Waals surface area contributed by atoms with Gasteiger partial charge >= 0.3 is 0 Å². The van der Waals surface area contributed by atoms with Gasteiger partial charge in [-0.05, 0) is 57.5 Å². The predicted molar refractivity (Wildman–Crippen MR) is 97.0 cm³/mol. The number of nitrogens with zero attached hydrogens (tertiary/aromatic N) is 3. The Balaban J connectivity index is 1.35. The van der Waals surface area contributed by atoms with Crippen molar-refractivity contribution in [1.82, 2.24) is 20.2 Å². The van der Waals surface area contributed by atoms with Crippen LogP contribution in [0.4, 0.5) is 0 Å².